The van der Waals surface area contributed by atoms with E-state index >= 15 is 0 Å². The molecule has 1 rings (SSSR count). The highest BCUT2D eigenvalue weighted by molar-refractivity contribution is 8.01. The van der Waals surface area contributed by atoms with Gasteiger partial charge in [0.15, 0.2) is 4.34 Å². The number of thioether (sulfide) groups is 1. The zero-order valence-corrected chi connectivity index (χ0v) is 11.5. The second kappa shape index (κ2) is 6.05. The molecule has 0 atom stereocenters. The number of carbonyl (C=O) groups is 1. The highest BCUT2D eigenvalue weighted by atomic mass is 32.2. The fraction of sp³-hybridized carbons (Fsp3) is 0.667. The zero-order chi connectivity index (χ0) is 12.1. The molecule has 1 aromatic rings. The zero-order valence-electron chi connectivity index (χ0n) is 9.85. The van der Waals surface area contributed by atoms with Crippen molar-refractivity contribution in [3.63, 3.8) is 0 Å². The fourth-order valence-electron chi connectivity index (χ4n) is 0.826. The first-order chi connectivity index (χ1) is 7.49. The Labute approximate surface area is 104 Å². The lowest BCUT2D eigenvalue weighted by Gasteiger charge is -2.07. The van der Waals surface area contributed by atoms with Gasteiger partial charge in [0.05, 0.1) is 5.75 Å². The predicted octanol–water partition coefficient (Wildman–Crippen LogP) is 1.54. The summed E-state index contributed by atoms with van der Waals surface area (Å²) in [6.07, 6.45) is 0. The molecule has 16 heavy (non-hydrogen) atoms. The van der Waals surface area contributed by atoms with E-state index in [2.05, 4.69) is 15.5 Å². The molecule has 0 aliphatic carbocycles. The topological polar surface area (TPSA) is 58.1 Å². The van der Waals surface area contributed by atoms with E-state index in [9.17, 15) is 4.79 Å². The van der Waals surface area contributed by atoms with E-state index in [1.54, 1.807) is 19.0 Å². The van der Waals surface area contributed by atoms with Crippen molar-refractivity contribution in [1.29, 1.82) is 0 Å². The summed E-state index contributed by atoms with van der Waals surface area (Å²) in [4.78, 5) is 12.9. The van der Waals surface area contributed by atoms with Gasteiger partial charge in [-0.25, -0.2) is 0 Å². The summed E-state index contributed by atoms with van der Waals surface area (Å²) in [5.41, 5.74) is 0. The lowest BCUT2D eigenvalue weighted by Crippen LogP contribution is -2.23. The van der Waals surface area contributed by atoms with Gasteiger partial charge in [-0.3, -0.25) is 4.79 Å². The van der Waals surface area contributed by atoms with E-state index < -0.39 is 0 Å². The number of carbonyl (C=O) groups excluding carboxylic acids is 1. The molecule has 1 aromatic heterocycles. The summed E-state index contributed by atoms with van der Waals surface area (Å²) in [6, 6.07) is 0.342. The lowest BCUT2D eigenvalue weighted by atomic mass is 10.4. The number of hydrogen-bond acceptors (Lipinski definition) is 6. The average molecular weight is 260 g/mol. The Morgan fingerprint density at radius 3 is 2.75 bits per heavy atom. The Morgan fingerprint density at radius 1 is 1.50 bits per heavy atom. The van der Waals surface area contributed by atoms with Crippen LogP contribution in [0.4, 0.5) is 5.13 Å². The van der Waals surface area contributed by atoms with E-state index in [-0.39, 0.29) is 5.91 Å². The Bertz CT molecular complexity index is 351. The van der Waals surface area contributed by atoms with Crippen molar-refractivity contribution < 1.29 is 4.79 Å². The summed E-state index contributed by atoms with van der Waals surface area (Å²) in [5.74, 6) is 0.488. The number of aromatic nitrogens is 2. The van der Waals surface area contributed by atoms with Crippen molar-refractivity contribution in [2.75, 3.05) is 25.2 Å². The van der Waals surface area contributed by atoms with E-state index in [1.807, 2.05) is 13.8 Å². The lowest BCUT2D eigenvalue weighted by molar-refractivity contribution is -0.125. The molecule has 0 fully saturated rings. The Hall–Kier alpha value is -0.820. The molecule has 0 saturated carbocycles. The van der Waals surface area contributed by atoms with Gasteiger partial charge in [0.25, 0.3) is 0 Å². The first-order valence-electron chi connectivity index (χ1n) is 4.92. The standard InChI is InChI=1S/C9H16N4OS2/c1-6(2)10-8-11-12-9(16-8)15-5-7(14)13(3)4/h6H,5H2,1-4H3,(H,10,11). The molecule has 90 valence electrons. The maximum atomic E-state index is 11.3. The van der Waals surface area contributed by atoms with E-state index in [0.29, 0.717) is 11.8 Å². The molecule has 1 N–H and O–H groups in total. The summed E-state index contributed by atoms with van der Waals surface area (Å²) in [7, 11) is 3.49. The van der Waals surface area contributed by atoms with Crippen molar-refractivity contribution in [2.45, 2.75) is 24.2 Å². The molecule has 0 aliphatic heterocycles. The molecule has 0 radical (unpaired) electrons. The van der Waals surface area contributed by atoms with Crippen molar-refractivity contribution in [2.24, 2.45) is 0 Å². The van der Waals surface area contributed by atoms with Gasteiger partial charge in [0.1, 0.15) is 0 Å². The third-order valence-electron chi connectivity index (χ3n) is 1.64. The molecule has 7 heteroatoms. The normalized spacial score (nSPS) is 10.6. The van der Waals surface area contributed by atoms with Crippen molar-refractivity contribution >= 4 is 34.1 Å². The number of hydrogen-bond donors (Lipinski definition) is 1. The fourth-order valence-corrected chi connectivity index (χ4v) is 2.70. The second-order valence-electron chi connectivity index (χ2n) is 3.75. The molecule has 0 saturated heterocycles. The van der Waals surface area contributed by atoms with Crippen LogP contribution >= 0.6 is 23.1 Å². The smallest absolute Gasteiger partial charge is 0.232 e. The molecule has 0 aromatic carbocycles. The first kappa shape index (κ1) is 13.2. The van der Waals surface area contributed by atoms with Crippen molar-refractivity contribution in [3.8, 4) is 0 Å². The van der Waals surface area contributed by atoms with Crippen LogP contribution in [0, 0.1) is 0 Å². The Kier molecular flexibility index (Phi) is 5.01. The number of anilines is 1. The minimum absolute atomic E-state index is 0.0820. The SMILES string of the molecule is CC(C)Nc1nnc(SCC(=O)N(C)C)s1. The average Bonchev–Trinajstić information content (AvgIpc) is 2.60. The van der Waals surface area contributed by atoms with Crippen LogP contribution in [-0.2, 0) is 4.79 Å². The highest BCUT2D eigenvalue weighted by Gasteiger charge is 2.09. The maximum absolute atomic E-state index is 11.3. The summed E-state index contributed by atoms with van der Waals surface area (Å²) in [5, 5.41) is 12.0. The number of nitrogens with zero attached hydrogens (tertiary/aromatic N) is 3. The van der Waals surface area contributed by atoms with Crippen LogP contribution in [0.2, 0.25) is 0 Å². The monoisotopic (exact) mass is 260 g/mol. The van der Waals surface area contributed by atoms with Crippen molar-refractivity contribution in [1.82, 2.24) is 15.1 Å². The van der Waals surface area contributed by atoms with Crippen LogP contribution in [0.15, 0.2) is 4.34 Å². The van der Waals surface area contributed by atoms with E-state index in [1.165, 1.54) is 23.1 Å². The second-order valence-corrected chi connectivity index (χ2v) is 5.95. The minimum atomic E-state index is 0.0820. The molecular weight excluding hydrogens is 244 g/mol. The quantitative estimate of drug-likeness (QED) is 0.814. The van der Waals surface area contributed by atoms with E-state index in [0.717, 1.165) is 9.47 Å². The van der Waals surface area contributed by atoms with Crippen LogP contribution in [-0.4, -0.2) is 46.9 Å². The Balaban J connectivity index is 2.43. The number of amides is 1. The van der Waals surface area contributed by atoms with Crippen LogP contribution < -0.4 is 5.32 Å². The maximum Gasteiger partial charge on any atom is 0.232 e. The Morgan fingerprint density at radius 2 is 2.19 bits per heavy atom. The highest BCUT2D eigenvalue weighted by Crippen LogP contribution is 2.25. The van der Waals surface area contributed by atoms with E-state index in [4.69, 9.17) is 0 Å². The number of rotatable bonds is 5. The van der Waals surface area contributed by atoms with Gasteiger partial charge in [-0.2, -0.15) is 0 Å². The molecule has 0 unspecified atom stereocenters. The van der Waals surface area contributed by atoms with Gasteiger partial charge in [0, 0.05) is 20.1 Å². The third kappa shape index (κ3) is 4.36. The predicted molar refractivity (Wildman–Crippen MR) is 68.1 cm³/mol. The van der Waals surface area contributed by atoms with Crippen LogP contribution in [0.5, 0.6) is 0 Å². The molecule has 1 amide bonds. The van der Waals surface area contributed by atoms with Crippen LogP contribution in [0.3, 0.4) is 0 Å². The molecule has 1 heterocycles. The number of nitrogens with one attached hydrogen (secondary N) is 1. The largest absolute Gasteiger partial charge is 0.358 e. The molecule has 0 aliphatic rings. The van der Waals surface area contributed by atoms with Gasteiger partial charge in [-0.1, -0.05) is 23.1 Å². The first-order valence-corrected chi connectivity index (χ1v) is 6.72. The molecule has 5 nitrogen and oxygen atoms in total. The van der Waals surface area contributed by atoms with Gasteiger partial charge in [-0.15, -0.1) is 10.2 Å². The van der Waals surface area contributed by atoms with Crippen LogP contribution in [0.1, 0.15) is 13.8 Å². The van der Waals surface area contributed by atoms with Gasteiger partial charge in [-0.05, 0) is 13.8 Å². The molecular formula is C9H16N4OS2. The van der Waals surface area contributed by atoms with Gasteiger partial charge < -0.3 is 10.2 Å². The van der Waals surface area contributed by atoms with Crippen LogP contribution in [0.25, 0.3) is 0 Å². The third-order valence-corrected chi connectivity index (χ3v) is 3.61. The molecule has 0 spiro atoms. The van der Waals surface area contributed by atoms with Gasteiger partial charge >= 0.3 is 0 Å². The summed E-state index contributed by atoms with van der Waals surface area (Å²) < 4.78 is 0.818. The minimum Gasteiger partial charge on any atom is -0.358 e. The van der Waals surface area contributed by atoms with Crippen molar-refractivity contribution in [3.05, 3.63) is 0 Å². The van der Waals surface area contributed by atoms with Gasteiger partial charge in [0.2, 0.25) is 11.0 Å². The molecule has 0 bridgehead atoms. The summed E-state index contributed by atoms with van der Waals surface area (Å²) >= 11 is 2.89. The summed E-state index contributed by atoms with van der Waals surface area (Å²) in [6.45, 7) is 4.09.